The molecule has 0 heterocycles. The molecule has 1 aliphatic carbocycles. The first kappa shape index (κ1) is 15.9. The maximum atomic E-state index is 11.9. The van der Waals surface area contributed by atoms with E-state index >= 15 is 0 Å². The summed E-state index contributed by atoms with van der Waals surface area (Å²) >= 11 is 0. The Morgan fingerprint density at radius 1 is 1.33 bits per heavy atom. The molecule has 0 bridgehead atoms. The van der Waals surface area contributed by atoms with E-state index in [4.69, 9.17) is 4.74 Å². The summed E-state index contributed by atoms with van der Waals surface area (Å²) in [5.41, 5.74) is 1.60. The molecule has 0 aliphatic heterocycles. The van der Waals surface area contributed by atoms with Crippen LogP contribution in [0, 0.1) is 12.3 Å². The minimum absolute atomic E-state index is 0.158. The topological polar surface area (TPSA) is 38.3 Å². The van der Waals surface area contributed by atoms with Gasteiger partial charge in [-0.25, -0.2) is 0 Å². The van der Waals surface area contributed by atoms with Gasteiger partial charge in [0.1, 0.15) is 5.75 Å². The third kappa shape index (κ3) is 5.41. The van der Waals surface area contributed by atoms with Gasteiger partial charge in [-0.1, -0.05) is 31.5 Å². The molecule has 0 saturated heterocycles. The second kappa shape index (κ2) is 6.97. The molecule has 2 rings (SSSR count). The quantitative estimate of drug-likeness (QED) is 0.808. The van der Waals surface area contributed by atoms with Crippen molar-refractivity contribution in [3.05, 3.63) is 29.8 Å². The Morgan fingerprint density at radius 3 is 2.67 bits per heavy atom. The Bertz CT molecular complexity index is 465. The van der Waals surface area contributed by atoms with E-state index in [2.05, 4.69) is 26.1 Å². The molecule has 0 radical (unpaired) electrons. The Kier molecular flexibility index (Phi) is 5.27. The molecule has 3 nitrogen and oxygen atoms in total. The number of benzene rings is 1. The van der Waals surface area contributed by atoms with Gasteiger partial charge in [0.25, 0.3) is 0 Å². The first-order chi connectivity index (χ1) is 9.94. The third-order valence-electron chi connectivity index (χ3n) is 4.17. The summed E-state index contributed by atoms with van der Waals surface area (Å²) in [6.45, 7) is 7.19. The van der Waals surface area contributed by atoms with Gasteiger partial charge in [-0.15, -0.1) is 0 Å². The van der Waals surface area contributed by atoms with E-state index in [1.807, 2.05) is 24.3 Å². The lowest BCUT2D eigenvalue weighted by molar-refractivity contribution is -0.122. The second-order valence-electron chi connectivity index (χ2n) is 6.94. The summed E-state index contributed by atoms with van der Waals surface area (Å²) in [6, 6.07) is 8.37. The zero-order valence-electron chi connectivity index (χ0n) is 13.4. The molecule has 0 aromatic heterocycles. The fourth-order valence-corrected chi connectivity index (χ4v) is 2.92. The van der Waals surface area contributed by atoms with Crippen LogP contribution in [0.3, 0.4) is 0 Å². The molecule has 1 aliphatic rings. The molecule has 116 valence electrons. The van der Waals surface area contributed by atoms with Crippen LogP contribution in [0.2, 0.25) is 0 Å². The fraction of sp³-hybridized carbons (Fsp3) is 0.611. The zero-order chi connectivity index (χ0) is 15.3. The van der Waals surface area contributed by atoms with E-state index in [0.717, 1.165) is 25.0 Å². The maximum absolute atomic E-state index is 11.9. The molecule has 3 heteroatoms. The van der Waals surface area contributed by atoms with Gasteiger partial charge in [-0.3, -0.25) is 4.79 Å². The zero-order valence-corrected chi connectivity index (χ0v) is 13.4. The predicted octanol–water partition coefficient (Wildman–Crippen LogP) is 3.85. The molecule has 1 N–H and O–H groups in total. The standard InChI is InChI=1S/C18H27NO2/c1-14-6-8-16(9-7-14)21-12-4-5-17(20)19-15-10-11-18(2,3)13-15/h6-9,15H,4-5,10-13H2,1-3H3,(H,19,20). The fourth-order valence-electron chi connectivity index (χ4n) is 2.92. The van der Waals surface area contributed by atoms with Gasteiger partial charge in [0.05, 0.1) is 6.61 Å². The Labute approximate surface area is 128 Å². The molecule has 21 heavy (non-hydrogen) atoms. The molecule has 1 aromatic rings. The third-order valence-corrected chi connectivity index (χ3v) is 4.17. The molecule has 1 unspecified atom stereocenters. The molecule has 1 atom stereocenters. The van der Waals surface area contributed by atoms with Crippen molar-refractivity contribution in [2.45, 2.75) is 58.9 Å². The van der Waals surface area contributed by atoms with Gasteiger partial charge in [0, 0.05) is 12.5 Å². The molecule has 0 spiro atoms. The summed E-state index contributed by atoms with van der Waals surface area (Å²) in [6.07, 6.45) is 4.71. The normalized spacial score (nSPS) is 20.2. The number of carbonyl (C=O) groups is 1. The molecule has 1 aromatic carbocycles. The second-order valence-corrected chi connectivity index (χ2v) is 6.94. The number of carbonyl (C=O) groups excluding carboxylic acids is 1. The summed E-state index contributed by atoms with van der Waals surface area (Å²) in [5.74, 6) is 1.03. The highest BCUT2D eigenvalue weighted by Crippen LogP contribution is 2.36. The van der Waals surface area contributed by atoms with Gasteiger partial charge >= 0.3 is 0 Å². The number of aryl methyl sites for hydroxylation is 1. The Morgan fingerprint density at radius 2 is 2.05 bits per heavy atom. The number of rotatable bonds is 6. The van der Waals surface area contributed by atoms with Crippen LogP contribution >= 0.6 is 0 Å². The van der Waals surface area contributed by atoms with E-state index in [9.17, 15) is 4.79 Å². The summed E-state index contributed by atoms with van der Waals surface area (Å²) in [7, 11) is 0. The average Bonchev–Trinajstić information content (AvgIpc) is 2.76. The number of ether oxygens (including phenoxy) is 1. The van der Waals surface area contributed by atoms with Crippen molar-refractivity contribution in [1.82, 2.24) is 5.32 Å². The SMILES string of the molecule is Cc1ccc(OCCCC(=O)NC2CCC(C)(C)C2)cc1. The molecular weight excluding hydrogens is 262 g/mol. The van der Waals surface area contributed by atoms with Crippen molar-refractivity contribution in [3.63, 3.8) is 0 Å². The number of amides is 1. The maximum Gasteiger partial charge on any atom is 0.220 e. The molecule has 1 saturated carbocycles. The lowest BCUT2D eigenvalue weighted by Crippen LogP contribution is -2.33. The van der Waals surface area contributed by atoms with Gasteiger partial charge in [-0.05, 0) is 50.2 Å². The van der Waals surface area contributed by atoms with Gasteiger partial charge < -0.3 is 10.1 Å². The van der Waals surface area contributed by atoms with Gasteiger partial charge in [0.2, 0.25) is 5.91 Å². The van der Waals surface area contributed by atoms with Gasteiger partial charge in [0.15, 0.2) is 0 Å². The molecule has 1 fully saturated rings. The van der Waals surface area contributed by atoms with E-state index in [1.54, 1.807) is 0 Å². The first-order valence-electron chi connectivity index (χ1n) is 7.93. The van der Waals surface area contributed by atoms with Crippen LogP contribution in [-0.4, -0.2) is 18.6 Å². The Hall–Kier alpha value is -1.51. The first-order valence-corrected chi connectivity index (χ1v) is 7.93. The van der Waals surface area contributed by atoms with E-state index in [0.29, 0.717) is 24.5 Å². The largest absolute Gasteiger partial charge is 0.494 e. The van der Waals surface area contributed by atoms with E-state index in [-0.39, 0.29) is 5.91 Å². The lowest BCUT2D eigenvalue weighted by Gasteiger charge is -2.17. The number of hydrogen-bond donors (Lipinski definition) is 1. The highest BCUT2D eigenvalue weighted by molar-refractivity contribution is 5.76. The van der Waals surface area contributed by atoms with Crippen molar-refractivity contribution >= 4 is 5.91 Å². The van der Waals surface area contributed by atoms with Crippen LogP contribution in [0.4, 0.5) is 0 Å². The highest BCUT2D eigenvalue weighted by Gasteiger charge is 2.31. The van der Waals surface area contributed by atoms with Crippen molar-refractivity contribution in [2.24, 2.45) is 5.41 Å². The van der Waals surface area contributed by atoms with Crippen LogP contribution in [0.25, 0.3) is 0 Å². The van der Waals surface area contributed by atoms with Crippen molar-refractivity contribution in [1.29, 1.82) is 0 Å². The summed E-state index contributed by atoms with van der Waals surface area (Å²) in [4.78, 5) is 11.9. The number of hydrogen-bond acceptors (Lipinski definition) is 2. The summed E-state index contributed by atoms with van der Waals surface area (Å²) < 4.78 is 5.63. The van der Waals surface area contributed by atoms with Crippen LogP contribution in [0.5, 0.6) is 5.75 Å². The average molecular weight is 289 g/mol. The van der Waals surface area contributed by atoms with Crippen LogP contribution in [0.1, 0.15) is 51.5 Å². The Balaban J connectivity index is 1.60. The van der Waals surface area contributed by atoms with Crippen molar-refractivity contribution in [3.8, 4) is 5.75 Å². The van der Waals surface area contributed by atoms with Crippen LogP contribution in [-0.2, 0) is 4.79 Å². The smallest absolute Gasteiger partial charge is 0.220 e. The molecule has 1 amide bonds. The highest BCUT2D eigenvalue weighted by atomic mass is 16.5. The minimum Gasteiger partial charge on any atom is -0.494 e. The predicted molar refractivity (Wildman–Crippen MR) is 85.5 cm³/mol. The molecular formula is C18H27NO2. The summed E-state index contributed by atoms with van der Waals surface area (Å²) in [5, 5.41) is 3.15. The van der Waals surface area contributed by atoms with E-state index in [1.165, 1.54) is 12.0 Å². The van der Waals surface area contributed by atoms with Gasteiger partial charge in [-0.2, -0.15) is 0 Å². The van der Waals surface area contributed by atoms with Crippen molar-refractivity contribution in [2.75, 3.05) is 6.61 Å². The van der Waals surface area contributed by atoms with Crippen LogP contribution < -0.4 is 10.1 Å². The number of nitrogens with one attached hydrogen (secondary N) is 1. The van der Waals surface area contributed by atoms with Crippen LogP contribution in [0.15, 0.2) is 24.3 Å². The van der Waals surface area contributed by atoms with Crippen molar-refractivity contribution < 1.29 is 9.53 Å². The lowest BCUT2D eigenvalue weighted by atomic mass is 9.92. The minimum atomic E-state index is 0.158. The monoisotopic (exact) mass is 289 g/mol. The van der Waals surface area contributed by atoms with E-state index < -0.39 is 0 Å².